The monoisotopic (exact) mass is 198 g/mol. The molecule has 0 fully saturated rings. The van der Waals surface area contributed by atoms with Gasteiger partial charge in [-0.05, 0) is 23.3 Å². The molecule has 0 saturated heterocycles. The van der Waals surface area contributed by atoms with Gasteiger partial charge in [0.05, 0.1) is 7.11 Å². The lowest BCUT2D eigenvalue weighted by molar-refractivity contribution is 0.373. The summed E-state index contributed by atoms with van der Waals surface area (Å²) in [5.74, 6) is 0.906. The Bertz CT molecular complexity index is 321. The van der Waals surface area contributed by atoms with Gasteiger partial charge in [0.15, 0.2) is 11.5 Å². The van der Waals surface area contributed by atoms with E-state index in [2.05, 4.69) is 6.58 Å². The van der Waals surface area contributed by atoms with Gasteiger partial charge in [-0.2, -0.15) is 0 Å². The van der Waals surface area contributed by atoms with Crippen molar-refractivity contribution in [2.45, 2.75) is 0 Å². The van der Waals surface area contributed by atoms with Gasteiger partial charge >= 0.3 is 0 Å². The molecule has 0 aliphatic heterocycles. The average molecular weight is 199 g/mol. The fraction of sp³-hybridized carbons (Fsp3) is 0.200. The largest absolute Gasteiger partial charge is 0.504 e. The van der Waals surface area contributed by atoms with Crippen molar-refractivity contribution in [1.82, 2.24) is 0 Å². The van der Waals surface area contributed by atoms with Crippen LogP contribution in [0.15, 0.2) is 24.8 Å². The second kappa shape index (κ2) is 4.19. The van der Waals surface area contributed by atoms with Gasteiger partial charge in [-0.1, -0.05) is 12.6 Å². The number of alkyl halides is 1. The predicted molar refractivity (Wildman–Crippen MR) is 54.4 cm³/mol. The summed E-state index contributed by atoms with van der Waals surface area (Å²) in [4.78, 5) is 0. The Labute approximate surface area is 82.4 Å². The number of benzene rings is 1. The molecule has 0 spiro atoms. The third kappa shape index (κ3) is 2.16. The van der Waals surface area contributed by atoms with E-state index in [0.717, 1.165) is 11.1 Å². The molecule has 0 aliphatic carbocycles. The summed E-state index contributed by atoms with van der Waals surface area (Å²) in [6.45, 7) is 3.76. The van der Waals surface area contributed by atoms with Gasteiger partial charge in [0, 0.05) is 5.88 Å². The fourth-order valence-electron chi connectivity index (χ4n) is 0.987. The van der Waals surface area contributed by atoms with Crippen LogP contribution in [-0.4, -0.2) is 18.1 Å². The molecule has 0 saturated carbocycles. The molecule has 1 aromatic rings. The molecular formula is C10H11ClO2. The molecule has 0 aromatic heterocycles. The molecule has 2 nitrogen and oxygen atoms in total. The number of phenolic OH excluding ortho intramolecular Hbond substituents is 1. The molecule has 0 heterocycles. The first-order chi connectivity index (χ1) is 6.19. The molecule has 0 unspecified atom stereocenters. The van der Waals surface area contributed by atoms with Gasteiger partial charge in [0.1, 0.15) is 0 Å². The molecule has 1 rings (SSSR count). The summed E-state index contributed by atoms with van der Waals surface area (Å²) < 4.78 is 4.90. The van der Waals surface area contributed by atoms with E-state index in [9.17, 15) is 5.11 Å². The van der Waals surface area contributed by atoms with Crippen LogP contribution in [0.2, 0.25) is 0 Å². The first kappa shape index (κ1) is 9.93. The number of aromatic hydroxyl groups is 1. The van der Waals surface area contributed by atoms with Crippen molar-refractivity contribution in [3.8, 4) is 11.5 Å². The van der Waals surface area contributed by atoms with Crippen LogP contribution in [0.5, 0.6) is 11.5 Å². The van der Waals surface area contributed by atoms with E-state index < -0.39 is 0 Å². The number of rotatable bonds is 3. The van der Waals surface area contributed by atoms with Crippen molar-refractivity contribution < 1.29 is 9.84 Å². The Kier molecular flexibility index (Phi) is 3.20. The van der Waals surface area contributed by atoms with Crippen LogP contribution >= 0.6 is 11.6 Å². The highest BCUT2D eigenvalue weighted by molar-refractivity contribution is 6.23. The lowest BCUT2D eigenvalue weighted by Gasteiger charge is -2.06. The van der Waals surface area contributed by atoms with Crippen LogP contribution < -0.4 is 4.74 Å². The lowest BCUT2D eigenvalue weighted by Crippen LogP contribution is -1.87. The highest BCUT2D eigenvalue weighted by Gasteiger charge is 2.03. The van der Waals surface area contributed by atoms with Crippen molar-refractivity contribution in [1.29, 1.82) is 0 Å². The maximum atomic E-state index is 9.43. The first-order valence-electron chi connectivity index (χ1n) is 3.80. The molecule has 13 heavy (non-hydrogen) atoms. The van der Waals surface area contributed by atoms with Gasteiger partial charge in [-0.3, -0.25) is 0 Å². The number of phenols is 1. The van der Waals surface area contributed by atoms with E-state index in [1.54, 1.807) is 12.1 Å². The molecule has 0 amide bonds. The first-order valence-corrected chi connectivity index (χ1v) is 4.33. The Balaban J connectivity index is 3.02. The Morgan fingerprint density at radius 2 is 2.31 bits per heavy atom. The molecule has 3 heteroatoms. The number of halogens is 1. The van der Waals surface area contributed by atoms with Crippen molar-refractivity contribution in [3.63, 3.8) is 0 Å². The summed E-state index contributed by atoms with van der Waals surface area (Å²) >= 11 is 5.60. The van der Waals surface area contributed by atoms with Crippen LogP contribution in [0.3, 0.4) is 0 Å². The van der Waals surface area contributed by atoms with E-state index >= 15 is 0 Å². The minimum atomic E-state index is 0.103. The summed E-state index contributed by atoms with van der Waals surface area (Å²) in [6.07, 6.45) is 0. The SMILES string of the molecule is C=C(CCl)c1ccc(OC)c(O)c1. The lowest BCUT2D eigenvalue weighted by atomic mass is 10.1. The third-order valence-corrected chi connectivity index (χ3v) is 2.07. The highest BCUT2D eigenvalue weighted by Crippen LogP contribution is 2.28. The molecule has 0 atom stereocenters. The van der Waals surface area contributed by atoms with Gasteiger partial charge < -0.3 is 9.84 Å². The van der Waals surface area contributed by atoms with E-state index in [1.807, 2.05) is 6.07 Å². The van der Waals surface area contributed by atoms with Crippen molar-refractivity contribution in [2.24, 2.45) is 0 Å². The van der Waals surface area contributed by atoms with Crippen molar-refractivity contribution in [3.05, 3.63) is 30.3 Å². The molecule has 70 valence electrons. The minimum absolute atomic E-state index is 0.103. The zero-order chi connectivity index (χ0) is 9.84. The molecular weight excluding hydrogens is 188 g/mol. The van der Waals surface area contributed by atoms with Crippen LogP contribution in [0, 0.1) is 0 Å². The fourth-order valence-corrected chi connectivity index (χ4v) is 1.14. The Morgan fingerprint density at radius 1 is 1.62 bits per heavy atom. The Morgan fingerprint density at radius 3 is 2.77 bits per heavy atom. The second-order valence-corrected chi connectivity index (χ2v) is 2.89. The number of methoxy groups -OCH3 is 1. The van der Waals surface area contributed by atoms with Crippen LogP contribution in [0.1, 0.15) is 5.56 Å². The standard InChI is InChI=1S/C10H11ClO2/c1-7(6-11)8-3-4-10(13-2)9(12)5-8/h3-5,12H,1,6H2,2H3. The summed E-state index contributed by atoms with van der Waals surface area (Å²) in [5.41, 5.74) is 1.60. The number of allylic oxidation sites excluding steroid dienone is 1. The van der Waals surface area contributed by atoms with Gasteiger partial charge in [0.2, 0.25) is 0 Å². The highest BCUT2D eigenvalue weighted by atomic mass is 35.5. The van der Waals surface area contributed by atoms with E-state index in [-0.39, 0.29) is 5.75 Å². The molecule has 0 aliphatic rings. The maximum absolute atomic E-state index is 9.43. The van der Waals surface area contributed by atoms with Crippen molar-refractivity contribution >= 4 is 17.2 Å². The van der Waals surface area contributed by atoms with Crippen LogP contribution in [-0.2, 0) is 0 Å². The summed E-state index contributed by atoms with van der Waals surface area (Å²) in [7, 11) is 1.51. The van der Waals surface area contributed by atoms with Crippen molar-refractivity contribution in [2.75, 3.05) is 13.0 Å². The normalized spacial score (nSPS) is 9.69. The molecule has 1 N–H and O–H groups in total. The summed E-state index contributed by atoms with van der Waals surface area (Å²) in [5, 5.41) is 9.43. The number of ether oxygens (including phenoxy) is 1. The average Bonchev–Trinajstić information content (AvgIpc) is 2.16. The second-order valence-electron chi connectivity index (χ2n) is 2.62. The molecule has 1 aromatic carbocycles. The quantitative estimate of drug-likeness (QED) is 0.757. The maximum Gasteiger partial charge on any atom is 0.160 e. The van der Waals surface area contributed by atoms with Gasteiger partial charge in [-0.25, -0.2) is 0 Å². The topological polar surface area (TPSA) is 29.5 Å². The zero-order valence-electron chi connectivity index (χ0n) is 7.38. The number of hydrogen-bond acceptors (Lipinski definition) is 2. The third-order valence-electron chi connectivity index (χ3n) is 1.75. The zero-order valence-corrected chi connectivity index (χ0v) is 8.14. The Hall–Kier alpha value is -1.15. The van der Waals surface area contributed by atoms with Crippen LogP contribution in [0.25, 0.3) is 5.57 Å². The molecule has 0 radical (unpaired) electrons. The van der Waals surface area contributed by atoms with E-state index in [4.69, 9.17) is 16.3 Å². The van der Waals surface area contributed by atoms with E-state index in [1.165, 1.54) is 7.11 Å². The molecule has 0 bridgehead atoms. The smallest absolute Gasteiger partial charge is 0.160 e. The predicted octanol–water partition coefficient (Wildman–Crippen LogP) is 2.65. The minimum Gasteiger partial charge on any atom is -0.504 e. The van der Waals surface area contributed by atoms with Gasteiger partial charge in [-0.15, -0.1) is 11.6 Å². The van der Waals surface area contributed by atoms with Crippen LogP contribution in [0.4, 0.5) is 0 Å². The van der Waals surface area contributed by atoms with E-state index in [0.29, 0.717) is 11.6 Å². The number of hydrogen-bond donors (Lipinski definition) is 1. The summed E-state index contributed by atoms with van der Waals surface area (Å²) in [6, 6.07) is 5.08. The van der Waals surface area contributed by atoms with Gasteiger partial charge in [0.25, 0.3) is 0 Å².